The lowest BCUT2D eigenvalue weighted by Crippen LogP contribution is -2.13. The summed E-state index contributed by atoms with van der Waals surface area (Å²) in [4.78, 5) is 28.3. The summed E-state index contributed by atoms with van der Waals surface area (Å²) in [5.41, 5.74) is 0.820. The quantitative estimate of drug-likeness (QED) is 0.871. The van der Waals surface area contributed by atoms with Crippen molar-refractivity contribution in [3.8, 4) is 11.5 Å². The van der Waals surface area contributed by atoms with Crippen LogP contribution in [0.5, 0.6) is 11.5 Å². The molecule has 0 atom stereocenters. The Bertz CT molecular complexity index is 769. The van der Waals surface area contributed by atoms with Crippen LogP contribution in [0.4, 0.5) is 5.69 Å². The third-order valence-electron chi connectivity index (χ3n) is 3.08. The van der Waals surface area contributed by atoms with Crippen molar-refractivity contribution in [1.29, 1.82) is 0 Å². The number of thiazole rings is 1. The molecule has 2 rings (SSSR count). The van der Waals surface area contributed by atoms with Gasteiger partial charge in [0.1, 0.15) is 4.88 Å². The van der Waals surface area contributed by atoms with E-state index in [1.54, 1.807) is 6.92 Å². The first-order valence-corrected chi connectivity index (χ1v) is 7.43. The van der Waals surface area contributed by atoms with E-state index < -0.39 is 5.97 Å². The number of carboxylic acids is 1. The number of nitrogens with one attached hydrogen (secondary N) is 1. The van der Waals surface area contributed by atoms with Crippen molar-refractivity contribution in [1.82, 2.24) is 4.98 Å². The number of carboxylic acid groups (broad SMARTS) is 1. The number of carbonyl (C=O) groups is 2. The fraction of sp³-hybridized carbons (Fsp3) is 0.267. The zero-order chi connectivity index (χ0) is 17.1. The van der Waals surface area contributed by atoms with Crippen LogP contribution in [0, 0.1) is 13.8 Å². The number of nitrogens with zero attached hydrogens (tertiary/aromatic N) is 1. The van der Waals surface area contributed by atoms with Crippen molar-refractivity contribution in [3.05, 3.63) is 33.3 Å². The van der Waals surface area contributed by atoms with Crippen molar-refractivity contribution >= 4 is 28.9 Å². The van der Waals surface area contributed by atoms with Crippen molar-refractivity contribution in [2.24, 2.45) is 0 Å². The first kappa shape index (κ1) is 16.8. The first-order valence-electron chi connectivity index (χ1n) is 6.62. The molecule has 0 unspecified atom stereocenters. The van der Waals surface area contributed by atoms with E-state index in [-0.39, 0.29) is 28.7 Å². The first-order chi connectivity index (χ1) is 10.9. The van der Waals surface area contributed by atoms with Gasteiger partial charge >= 0.3 is 5.97 Å². The highest BCUT2D eigenvalue weighted by atomic mass is 32.1. The summed E-state index contributed by atoms with van der Waals surface area (Å²) < 4.78 is 10.4. The number of aromatic nitrogens is 1. The summed E-state index contributed by atoms with van der Waals surface area (Å²) >= 11 is 1.26. The van der Waals surface area contributed by atoms with Gasteiger partial charge in [-0.05, 0) is 26.0 Å². The molecule has 2 N–H and O–H groups in total. The molecule has 0 aliphatic carbocycles. The van der Waals surface area contributed by atoms with Gasteiger partial charge in [-0.3, -0.25) is 4.79 Å². The van der Waals surface area contributed by atoms with Gasteiger partial charge in [0.25, 0.3) is 5.91 Å². The molecule has 0 saturated heterocycles. The molecular weight excluding hydrogens is 320 g/mol. The van der Waals surface area contributed by atoms with Crippen LogP contribution in [0.15, 0.2) is 12.1 Å². The fourth-order valence-electron chi connectivity index (χ4n) is 2.10. The minimum Gasteiger partial charge on any atom is -0.493 e. The van der Waals surface area contributed by atoms with Crippen molar-refractivity contribution in [2.75, 3.05) is 19.5 Å². The SMILES string of the molecule is COc1cc(C(=O)O)cc(NC(=O)c2sc(C)nc2C)c1OC. The predicted octanol–water partition coefficient (Wildman–Crippen LogP) is 2.73. The van der Waals surface area contributed by atoms with Gasteiger partial charge in [-0.25, -0.2) is 9.78 Å². The third kappa shape index (κ3) is 3.42. The smallest absolute Gasteiger partial charge is 0.335 e. The van der Waals surface area contributed by atoms with E-state index in [1.165, 1.54) is 37.7 Å². The molecule has 0 spiro atoms. The van der Waals surface area contributed by atoms with Crippen LogP contribution in [-0.4, -0.2) is 36.2 Å². The van der Waals surface area contributed by atoms with E-state index in [2.05, 4.69) is 10.3 Å². The Morgan fingerprint density at radius 3 is 2.39 bits per heavy atom. The zero-order valence-electron chi connectivity index (χ0n) is 13.1. The number of anilines is 1. The van der Waals surface area contributed by atoms with Crippen LogP contribution >= 0.6 is 11.3 Å². The molecule has 7 nitrogen and oxygen atoms in total. The molecule has 1 aromatic carbocycles. The highest BCUT2D eigenvalue weighted by Crippen LogP contribution is 2.37. The van der Waals surface area contributed by atoms with E-state index >= 15 is 0 Å². The van der Waals surface area contributed by atoms with Crippen LogP contribution in [-0.2, 0) is 0 Å². The normalized spacial score (nSPS) is 10.3. The summed E-state index contributed by atoms with van der Waals surface area (Å²) in [5, 5.41) is 12.6. The van der Waals surface area contributed by atoms with E-state index in [1.807, 2.05) is 6.92 Å². The lowest BCUT2D eigenvalue weighted by atomic mass is 10.1. The minimum absolute atomic E-state index is 0.0184. The van der Waals surface area contributed by atoms with Gasteiger partial charge < -0.3 is 19.9 Å². The maximum Gasteiger partial charge on any atom is 0.335 e. The third-order valence-corrected chi connectivity index (χ3v) is 4.16. The molecule has 1 heterocycles. The standard InChI is InChI=1S/C15H16N2O5S/c1-7-13(23-8(2)16-7)14(18)17-10-5-9(15(19)20)6-11(21-3)12(10)22-4/h5-6H,1-4H3,(H,17,18)(H,19,20). The minimum atomic E-state index is -1.13. The van der Waals surface area contributed by atoms with Gasteiger partial charge in [-0.2, -0.15) is 0 Å². The van der Waals surface area contributed by atoms with Gasteiger partial charge in [0.15, 0.2) is 11.5 Å². The van der Waals surface area contributed by atoms with E-state index in [0.29, 0.717) is 10.6 Å². The number of ether oxygens (including phenoxy) is 2. The number of amides is 1. The number of hydrogen-bond donors (Lipinski definition) is 2. The molecule has 0 saturated carbocycles. The molecule has 2 aromatic rings. The van der Waals surface area contributed by atoms with E-state index in [9.17, 15) is 14.7 Å². The molecule has 122 valence electrons. The molecule has 23 heavy (non-hydrogen) atoms. The number of rotatable bonds is 5. The molecule has 1 aromatic heterocycles. The summed E-state index contributed by atoms with van der Waals surface area (Å²) in [7, 11) is 2.81. The van der Waals surface area contributed by atoms with Crippen molar-refractivity contribution < 1.29 is 24.2 Å². The maximum absolute atomic E-state index is 12.4. The largest absolute Gasteiger partial charge is 0.493 e. The van der Waals surface area contributed by atoms with Gasteiger partial charge in [-0.15, -0.1) is 11.3 Å². The number of aryl methyl sites for hydroxylation is 2. The Morgan fingerprint density at radius 2 is 1.91 bits per heavy atom. The Balaban J connectivity index is 2.45. The monoisotopic (exact) mass is 336 g/mol. The number of benzene rings is 1. The second kappa shape index (κ2) is 6.66. The topological polar surface area (TPSA) is 97.8 Å². The highest BCUT2D eigenvalue weighted by Gasteiger charge is 2.20. The fourth-order valence-corrected chi connectivity index (χ4v) is 2.92. The average molecular weight is 336 g/mol. The van der Waals surface area contributed by atoms with Crippen LogP contribution in [0.25, 0.3) is 0 Å². The highest BCUT2D eigenvalue weighted by molar-refractivity contribution is 7.13. The molecule has 0 aliphatic heterocycles. The van der Waals surface area contributed by atoms with Crippen LogP contribution in [0.3, 0.4) is 0 Å². The van der Waals surface area contributed by atoms with Crippen molar-refractivity contribution in [2.45, 2.75) is 13.8 Å². The van der Waals surface area contributed by atoms with Crippen LogP contribution < -0.4 is 14.8 Å². The Kier molecular flexibility index (Phi) is 4.85. The predicted molar refractivity (Wildman–Crippen MR) is 86.0 cm³/mol. The average Bonchev–Trinajstić information content (AvgIpc) is 2.84. The number of hydrogen-bond acceptors (Lipinski definition) is 6. The summed E-state index contributed by atoms with van der Waals surface area (Å²) in [6.07, 6.45) is 0. The van der Waals surface area contributed by atoms with Crippen molar-refractivity contribution in [3.63, 3.8) is 0 Å². The molecule has 8 heteroatoms. The van der Waals surface area contributed by atoms with Gasteiger partial charge in [0, 0.05) is 0 Å². The van der Waals surface area contributed by atoms with Gasteiger partial charge in [0.05, 0.1) is 36.2 Å². The molecule has 1 amide bonds. The van der Waals surface area contributed by atoms with Crippen LogP contribution in [0.1, 0.15) is 30.7 Å². The summed E-state index contributed by atoms with van der Waals surface area (Å²) in [6, 6.07) is 2.66. The van der Waals surface area contributed by atoms with Gasteiger partial charge in [0.2, 0.25) is 0 Å². The van der Waals surface area contributed by atoms with Gasteiger partial charge in [-0.1, -0.05) is 0 Å². The number of carbonyl (C=O) groups excluding carboxylic acids is 1. The Labute approximate surface area is 136 Å². The lowest BCUT2D eigenvalue weighted by Gasteiger charge is -2.14. The summed E-state index contributed by atoms with van der Waals surface area (Å²) in [5.74, 6) is -1.04. The molecule has 0 bridgehead atoms. The molecule has 0 aliphatic rings. The molecule has 0 fully saturated rings. The Morgan fingerprint density at radius 1 is 1.22 bits per heavy atom. The second-order valence-electron chi connectivity index (χ2n) is 4.67. The van der Waals surface area contributed by atoms with E-state index in [0.717, 1.165) is 5.01 Å². The van der Waals surface area contributed by atoms with E-state index in [4.69, 9.17) is 9.47 Å². The second-order valence-corrected chi connectivity index (χ2v) is 5.87. The Hall–Kier alpha value is -2.61. The maximum atomic E-state index is 12.4. The molecule has 0 radical (unpaired) electrons. The zero-order valence-corrected chi connectivity index (χ0v) is 13.9. The van der Waals surface area contributed by atoms with Crippen LogP contribution in [0.2, 0.25) is 0 Å². The molecular formula is C15H16N2O5S. The number of methoxy groups -OCH3 is 2. The lowest BCUT2D eigenvalue weighted by molar-refractivity contribution is 0.0696. The number of aromatic carboxylic acids is 1. The summed E-state index contributed by atoms with van der Waals surface area (Å²) in [6.45, 7) is 3.55.